The fraction of sp³-hybridized carbons (Fsp3) is 0.615. The number of esters is 1. The van der Waals surface area contributed by atoms with E-state index >= 15 is 0 Å². The molecule has 0 bridgehead atoms. The summed E-state index contributed by atoms with van der Waals surface area (Å²) in [6.45, 7) is 12.5. The third kappa shape index (κ3) is 10.4. The smallest absolute Gasteiger partial charge is 0.408 e. The molecule has 35 heavy (non-hydrogen) atoms. The first-order chi connectivity index (χ1) is 16.3. The standard InChI is InChI=1S/C26H41N3O6/c1-17(2)14-15-18(3)29(24(32)19(4)28-25(33)35-26(5,6)7)22(20-12-10-9-11-13-20)23(31)27-16-21(30)34-8/h9-13,17-19,22H,14-16H2,1-8H3,(H,27,31)(H,28,33). The van der Waals surface area contributed by atoms with Crippen molar-refractivity contribution in [3.8, 4) is 0 Å². The van der Waals surface area contributed by atoms with Crippen molar-refractivity contribution < 1.29 is 28.7 Å². The van der Waals surface area contributed by atoms with Crippen LogP contribution in [0.2, 0.25) is 0 Å². The molecule has 3 amide bonds. The van der Waals surface area contributed by atoms with Gasteiger partial charge in [-0.15, -0.1) is 0 Å². The van der Waals surface area contributed by atoms with Crippen LogP contribution in [0, 0.1) is 5.92 Å². The summed E-state index contributed by atoms with van der Waals surface area (Å²) in [7, 11) is 1.23. The van der Waals surface area contributed by atoms with Crippen LogP contribution in [0.4, 0.5) is 4.79 Å². The van der Waals surface area contributed by atoms with Crippen molar-refractivity contribution in [3.63, 3.8) is 0 Å². The van der Waals surface area contributed by atoms with Gasteiger partial charge in [-0.05, 0) is 58.9 Å². The topological polar surface area (TPSA) is 114 Å². The number of methoxy groups -OCH3 is 1. The van der Waals surface area contributed by atoms with Crippen molar-refractivity contribution in [3.05, 3.63) is 35.9 Å². The third-order valence-corrected chi connectivity index (χ3v) is 5.27. The second-order valence-electron chi connectivity index (χ2n) is 10.0. The lowest BCUT2D eigenvalue weighted by atomic mass is 9.97. The predicted molar refractivity (Wildman–Crippen MR) is 133 cm³/mol. The Labute approximate surface area is 208 Å². The van der Waals surface area contributed by atoms with Gasteiger partial charge in [0.25, 0.3) is 0 Å². The van der Waals surface area contributed by atoms with Gasteiger partial charge >= 0.3 is 12.1 Å². The molecule has 0 saturated carbocycles. The van der Waals surface area contributed by atoms with Gasteiger partial charge in [-0.2, -0.15) is 0 Å². The van der Waals surface area contributed by atoms with Gasteiger partial charge in [0.1, 0.15) is 24.2 Å². The Balaban J connectivity index is 3.36. The zero-order chi connectivity index (χ0) is 26.8. The third-order valence-electron chi connectivity index (χ3n) is 5.27. The van der Waals surface area contributed by atoms with Gasteiger partial charge in [0.15, 0.2) is 0 Å². The highest BCUT2D eigenvalue weighted by molar-refractivity contribution is 5.93. The number of rotatable bonds is 11. The second-order valence-corrected chi connectivity index (χ2v) is 10.0. The lowest BCUT2D eigenvalue weighted by Crippen LogP contribution is -2.55. The monoisotopic (exact) mass is 491 g/mol. The number of nitrogens with one attached hydrogen (secondary N) is 2. The predicted octanol–water partition coefficient (Wildman–Crippen LogP) is 3.58. The number of carbonyl (C=O) groups excluding carboxylic acids is 4. The van der Waals surface area contributed by atoms with Crippen LogP contribution in [0.3, 0.4) is 0 Å². The van der Waals surface area contributed by atoms with Crippen molar-refractivity contribution in [2.75, 3.05) is 13.7 Å². The fourth-order valence-corrected chi connectivity index (χ4v) is 3.48. The van der Waals surface area contributed by atoms with E-state index in [9.17, 15) is 19.2 Å². The Bertz CT molecular complexity index is 850. The van der Waals surface area contributed by atoms with Crippen molar-refractivity contribution >= 4 is 23.9 Å². The van der Waals surface area contributed by atoms with Gasteiger partial charge in [0.2, 0.25) is 11.8 Å². The number of amides is 3. The summed E-state index contributed by atoms with van der Waals surface area (Å²) in [6.07, 6.45) is 0.764. The maximum Gasteiger partial charge on any atom is 0.408 e. The molecule has 0 spiro atoms. The number of nitrogens with zero attached hydrogens (tertiary/aromatic N) is 1. The first kappa shape index (κ1) is 29.9. The molecular weight excluding hydrogens is 450 g/mol. The Kier molecular flexibility index (Phi) is 11.7. The SMILES string of the molecule is COC(=O)CNC(=O)C(c1ccccc1)N(C(=O)C(C)NC(=O)OC(C)(C)C)C(C)CCC(C)C. The normalized spacial score (nSPS) is 13.9. The molecule has 1 rings (SSSR count). The number of hydrogen-bond acceptors (Lipinski definition) is 6. The maximum absolute atomic E-state index is 13.7. The Morgan fingerprint density at radius 1 is 0.971 bits per heavy atom. The summed E-state index contributed by atoms with van der Waals surface area (Å²) in [6, 6.07) is 6.58. The van der Waals surface area contributed by atoms with Gasteiger partial charge in [-0.3, -0.25) is 14.4 Å². The zero-order valence-electron chi connectivity index (χ0n) is 22.2. The van der Waals surface area contributed by atoms with Crippen molar-refractivity contribution in [2.45, 2.75) is 85.0 Å². The van der Waals surface area contributed by atoms with E-state index in [-0.39, 0.29) is 12.6 Å². The van der Waals surface area contributed by atoms with Crippen molar-refractivity contribution in [2.24, 2.45) is 5.92 Å². The molecule has 0 aromatic heterocycles. The number of benzene rings is 1. The lowest BCUT2D eigenvalue weighted by Gasteiger charge is -2.38. The van der Waals surface area contributed by atoms with Crippen molar-refractivity contribution in [1.82, 2.24) is 15.5 Å². The van der Waals surface area contributed by atoms with Crippen LogP contribution < -0.4 is 10.6 Å². The molecule has 0 aliphatic carbocycles. The van der Waals surface area contributed by atoms with Crippen LogP contribution in [0.15, 0.2) is 30.3 Å². The maximum atomic E-state index is 13.7. The summed E-state index contributed by atoms with van der Waals surface area (Å²) < 4.78 is 9.93. The van der Waals surface area contributed by atoms with Crippen LogP contribution >= 0.6 is 0 Å². The van der Waals surface area contributed by atoms with E-state index in [0.29, 0.717) is 17.9 Å². The summed E-state index contributed by atoms with van der Waals surface area (Å²) >= 11 is 0. The summed E-state index contributed by atoms with van der Waals surface area (Å²) in [5.74, 6) is -1.16. The van der Waals surface area contributed by atoms with E-state index in [0.717, 1.165) is 6.42 Å². The molecule has 196 valence electrons. The molecule has 0 heterocycles. The van der Waals surface area contributed by atoms with Crippen LogP contribution in [0.25, 0.3) is 0 Å². The number of hydrogen-bond donors (Lipinski definition) is 2. The van der Waals surface area contributed by atoms with E-state index in [4.69, 9.17) is 4.74 Å². The van der Waals surface area contributed by atoms with Gasteiger partial charge in [0.05, 0.1) is 7.11 Å². The van der Waals surface area contributed by atoms with Crippen molar-refractivity contribution in [1.29, 1.82) is 0 Å². The minimum Gasteiger partial charge on any atom is -0.468 e. The number of carbonyl (C=O) groups is 4. The molecule has 0 aliphatic rings. The minimum absolute atomic E-state index is 0.327. The number of alkyl carbamates (subject to hydrolysis) is 1. The van der Waals surface area contributed by atoms with Gasteiger partial charge in [-0.25, -0.2) is 4.79 Å². The first-order valence-corrected chi connectivity index (χ1v) is 12.0. The quantitative estimate of drug-likeness (QED) is 0.457. The summed E-state index contributed by atoms with van der Waals surface area (Å²) in [5.41, 5.74) is -0.138. The largest absolute Gasteiger partial charge is 0.468 e. The number of ether oxygens (including phenoxy) is 2. The molecule has 9 heteroatoms. The zero-order valence-corrected chi connectivity index (χ0v) is 22.2. The highest BCUT2D eigenvalue weighted by atomic mass is 16.6. The molecule has 0 radical (unpaired) electrons. The van der Waals surface area contributed by atoms with Gasteiger partial charge < -0.3 is 25.0 Å². The Morgan fingerprint density at radius 3 is 2.09 bits per heavy atom. The molecule has 0 saturated heterocycles. The van der Waals surface area contributed by atoms with E-state index in [2.05, 4.69) is 29.2 Å². The molecule has 3 atom stereocenters. The fourth-order valence-electron chi connectivity index (χ4n) is 3.48. The van der Waals surface area contributed by atoms with E-state index in [1.807, 2.05) is 13.0 Å². The van der Waals surface area contributed by atoms with E-state index < -0.39 is 41.6 Å². The second kappa shape index (κ2) is 13.7. The molecular formula is C26H41N3O6. The molecule has 0 aliphatic heterocycles. The average molecular weight is 492 g/mol. The molecule has 3 unspecified atom stereocenters. The molecule has 1 aromatic rings. The Morgan fingerprint density at radius 2 is 1.57 bits per heavy atom. The summed E-state index contributed by atoms with van der Waals surface area (Å²) in [4.78, 5) is 52.6. The molecule has 9 nitrogen and oxygen atoms in total. The van der Waals surface area contributed by atoms with Gasteiger partial charge in [-0.1, -0.05) is 44.2 Å². The molecule has 1 aromatic carbocycles. The highest BCUT2D eigenvalue weighted by Gasteiger charge is 2.37. The van der Waals surface area contributed by atoms with Crippen LogP contribution in [0.1, 0.15) is 72.9 Å². The molecule has 2 N–H and O–H groups in total. The minimum atomic E-state index is -1.02. The lowest BCUT2D eigenvalue weighted by molar-refractivity contribution is -0.146. The Hall–Kier alpha value is -3.10. The van der Waals surface area contributed by atoms with Gasteiger partial charge in [0, 0.05) is 6.04 Å². The van der Waals surface area contributed by atoms with E-state index in [1.54, 1.807) is 52.0 Å². The first-order valence-electron chi connectivity index (χ1n) is 12.0. The van der Waals surface area contributed by atoms with E-state index in [1.165, 1.54) is 12.0 Å². The van der Waals surface area contributed by atoms with Crippen LogP contribution in [-0.2, 0) is 23.9 Å². The van der Waals surface area contributed by atoms with Crippen LogP contribution in [-0.4, -0.2) is 60.1 Å². The average Bonchev–Trinajstić information content (AvgIpc) is 2.77. The highest BCUT2D eigenvalue weighted by Crippen LogP contribution is 2.27. The van der Waals surface area contributed by atoms with Crippen LogP contribution in [0.5, 0.6) is 0 Å². The summed E-state index contributed by atoms with van der Waals surface area (Å²) in [5, 5.41) is 5.16. The molecule has 0 fully saturated rings.